The van der Waals surface area contributed by atoms with Gasteiger partial charge in [-0.2, -0.15) is 5.26 Å². The van der Waals surface area contributed by atoms with E-state index in [0.29, 0.717) is 27.3 Å². The van der Waals surface area contributed by atoms with E-state index in [9.17, 15) is 14.9 Å². The highest BCUT2D eigenvalue weighted by Crippen LogP contribution is 2.36. The number of carbonyl (C=O) groups excluding carboxylic acids is 1. The summed E-state index contributed by atoms with van der Waals surface area (Å²) in [6.07, 6.45) is 11.0. The van der Waals surface area contributed by atoms with Crippen LogP contribution in [0.3, 0.4) is 0 Å². The third kappa shape index (κ3) is 5.75. The van der Waals surface area contributed by atoms with Crippen molar-refractivity contribution in [2.24, 2.45) is 13.0 Å². The van der Waals surface area contributed by atoms with E-state index in [4.69, 9.17) is 12.2 Å². The van der Waals surface area contributed by atoms with Crippen molar-refractivity contribution < 1.29 is 4.79 Å². The number of piperidine rings is 1. The van der Waals surface area contributed by atoms with Gasteiger partial charge in [-0.05, 0) is 43.7 Å². The predicted molar refractivity (Wildman–Crippen MR) is 145 cm³/mol. The summed E-state index contributed by atoms with van der Waals surface area (Å²) < 4.78 is 2.16. The Kier molecular flexibility index (Phi) is 9.38. The lowest BCUT2D eigenvalue weighted by molar-refractivity contribution is -0.122. The highest BCUT2D eigenvalue weighted by atomic mass is 32.2. The minimum absolute atomic E-state index is 0.0757. The van der Waals surface area contributed by atoms with E-state index in [1.807, 2.05) is 6.08 Å². The van der Waals surface area contributed by atoms with Gasteiger partial charge in [0.25, 0.3) is 11.5 Å². The van der Waals surface area contributed by atoms with Gasteiger partial charge in [-0.3, -0.25) is 19.1 Å². The van der Waals surface area contributed by atoms with Gasteiger partial charge in [-0.1, -0.05) is 69.9 Å². The third-order valence-electron chi connectivity index (χ3n) is 6.81. The summed E-state index contributed by atoms with van der Waals surface area (Å²) in [7, 11) is 1.72. The molecule has 0 saturated carbocycles. The second kappa shape index (κ2) is 12.0. The minimum atomic E-state index is -0.291. The number of anilines is 1. The molecule has 3 heterocycles. The van der Waals surface area contributed by atoms with Crippen LogP contribution in [0.15, 0.2) is 9.70 Å². The largest absolute Gasteiger partial charge is 0.357 e. The quantitative estimate of drug-likeness (QED) is 0.258. The second-order valence-electron chi connectivity index (χ2n) is 9.51. The van der Waals surface area contributed by atoms with Crippen molar-refractivity contribution in [3.8, 4) is 6.07 Å². The number of pyridine rings is 1. The van der Waals surface area contributed by atoms with Crippen LogP contribution in [0.4, 0.5) is 5.82 Å². The number of unbranched alkanes of at least 4 members (excludes halogenated alkanes) is 5. The molecule has 0 bridgehead atoms. The molecule has 1 unspecified atom stereocenters. The van der Waals surface area contributed by atoms with E-state index in [0.717, 1.165) is 50.2 Å². The summed E-state index contributed by atoms with van der Waals surface area (Å²) in [6, 6.07) is 2.08. The molecule has 184 valence electrons. The number of hydrogen-bond acceptors (Lipinski definition) is 6. The number of carbonyl (C=O) groups is 1. The summed E-state index contributed by atoms with van der Waals surface area (Å²) >= 11 is 6.86. The minimum Gasteiger partial charge on any atom is -0.357 e. The van der Waals surface area contributed by atoms with Crippen LogP contribution in [-0.2, 0) is 11.8 Å². The smallest absolute Gasteiger partial charge is 0.270 e. The van der Waals surface area contributed by atoms with Gasteiger partial charge >= 0.3 is 0 Å². The molecule has 8 heteroatoms. The molecule has 6 nitrogen and oxygen atoms in total. The van der Waals surface area contributed by atoms with Crippen molar-refractivity contribution >= 4 is 46.1 Å². The van der Waals surface area contributed by atoms with Crippen molar-refractivity contribution in [2.45, 2.75) is 72.1 Å². The van der Waals surface area contributed by atoms with E-state index in [-0.39, 0.29) is 17.0 Å². The Morgan fingerprint density at radius 3 is 2.59 bits per heavy atom. The van der Waals surface area contributed by atoms with Gasteiger partial charge < -0.3 is 4.90 Å². The highest BCUT2D eigenvalue weighted by molar-refractivity contribution is 8.26. The molecule has 0 spiro atoms. The van der Waals surface area contributed by atoms with Crippen LogP contribution in [0.25, 0.3) is 6.08 Å². The highest BCUT2D eigenvalue weighted by Gasteiger charge is 2.33. The predicted octanol–water partition coefficient (Wildman–Crippen LogP) is 5.36. The van der Waals surface area contributed by atoms with Gasteiger partial charge in [0.05, 0.1) is 4.91 Å². The standard InChI is InChI=1S/C26H36N4O2S2/c1-5-6-7-8-9-10-14-30-25(32)22(34-26(30)33)15-20-19(3)21(16-27)24(31)28(4)23(20)29-13-11-12-18(2)17-29/h15,18H,5-14,17H2,1-4H3. The van der Waals surface area contributed by atoms with Gasteiger partial charge in [0.2, 0.25) is 0 Å². The first kappa shape index (κ1) is 26.5. The van der Waals surface area contributed by atoms with Crippen molar-refractivity contribution in [3.05, 3.63) is 31.9 Å². The van der Waals surface area contributed by atoms with Crippen LogP contribution in [0.5, 0.6) is 0 Å². The topological polar surface area (TPSA) is 69.3 Å². The number of amides is 1. The fourth-order valence-corrected chi connectivity index (χ4v) is 6.14. The number of nitrogens with zero attached hydrogens (tertiary/aromatic N) is 4. The lowest BCUT2D eigenvalue weighted by atomic mass is 9.98. The van der Waals surface area contributed by atoms with Crippen molar-refractivity contribution in [1.29, 1.82) is 5.26 Å². The van der Waals surface area contributed by atoms with Crippen molar-refractivity contribution in [2.75, 3.05) is 24.5 Å². The van der Waals surface area contributed by atoms with E-state index in [2.05, 4.69) is 24.8 Å². The molecule has 2 aliphatic rings. The van der Waals surface area contributed by atoms with Crippen LogP contribution < -0.4 is 10.5 Å². The van der Waals surface area contributed by atoms with Crippen LogP contribution in [0.1, 0.15) is 81.9 Å². The van der Waals surface area contributed by atoms with Crippen LogP contribution in [-0.4, -0.2) is 39.3 Å². The molecular weight excluding hydrogens is 464 g/mol. The number of thiocarbonyl (C=S) groups is 1. The molecule has 2 saturated heterocycles. The summed E-state index contributed by atoms with van der Waals surface area (Å²) in [4.78, 5) is 30.7. The Morgan fingerprint density at radius 1 is 1.21 bits per heavy atom. The fraction of sp³-hybridized carbons (Fsp3) is 0.615. The average molecular weight is 501 g/mol. The van der Waals surface area contributed by atoms with Gasteiger partial charge in [0, 0.05) is 32.2 Å². The SMILES string of the molecule is CCCCCCCCN1C(=O)C(=Cc2c(C)c(C#N)c(=O)n(C)c2N2CCCC(C)C2)SC1=S. The molecule has 1 aromatic heterocycles. The summed E-state index contributed by atoms with van der Waals surface area (Å²) in [5.74, 6) is 1.23. The van der Waals surface area contributed by atoms with Gasteiger partial charge in [-0.15, -0.1) is 0 Å². The first-order chi connectivity index (χ1) is 16.3. The van der Waals surface area contributed by atoms with Crippen LogP contribution >= 0.6 is 24.0 Å². The zero-order chi connectivity index (χ0) is 24.8. The molecule has 2 fully saturated rings. The Balaban J connectivity index is 1.91. The van der Waals surface area contributed by atoms with Crippen LogP contribution in [0, 0.1) is 24.2 Å². The molecule has 3 rings (SSSR count). The normalized spacial score (nSPS) is 19.9. The van der Waals surface area contributed by atoms with E-state index >= 15 is 0 Å². The first-order valence-corrected chi connectivity index (χ1v) is 13.7. The Labute approximate surface area is 213 Å². The maximum absolute atomic E-state index is 13.2. The summed E-state index contributed by atoms with van der Waals surface area (Å²) in [6.45, 7) is 8.56. The van der Waals surface area contributed by atoms with Gasteiger partial charge in [-0.25, -0.2) is 0 Å². The molecule has 1 atom stereocenters. The molecule has 1 aromatic rings. The number of aromatic nitrogens is 1. The van der Waals surface area contributed by atoms with E-state index in [1.165, 1.54) is 37.4 Å². The van der Waals surface area contributed by atoms with Gasteiger partial charge in [0.1, 0.15) is 21.8 Å². The van der Waals surface area contributed by atoms with E-state index in [1.54, 1.807) is 23.4 Å². The molecule has 1 amide bonds. The van der Waals surface area contributed by atoms with E-state index < -0.39 is 0 Å². The Morgan fingerprint density at radius 2 is 1.91 bits per heavy atom. The monoisotopic (exact) mass is 500 g/mol. The molecule has 0 radical (unpaired) electrons. The lowest BCUT2D eigenvalue weighted by Gasteiger charge is -2.35. The molecule has 2 aliphatic heterocycles. The maximum Gasteiger partial charge on any atom is 0.270 e. The Bertz CT molecular complexity index is 1070. The zero-order valence-corrected chi connectivity index (χ0v) is 22.5. The zero-order valence-electron chi connectivity index (χ0n) is 20.9. The number of hydrogen-bond donors (Lipinski definition) is 0. The molecule has 34 heavy (non-hydrogen) atoms. The number of nitriles is 1. The van der Waals surface area contributed by atoms with Crippen LogP contribution in [0.2, 0.25) is 0 Å². The summed E-state index contributed by atoms with van der Waals surface area (Å²) in [5, 5.41) is 9.66. The maximum atomic E-state index is 13.2. The molecular formula is C26H36N4O2S2. The first-order valence-electron chi connectivity index (χ1n) is 12.4. The molecule has 0 aliphatic carbocycles. The third-order valence-corrected chi connectivity index (χ3v) is 8.19. The number of thioether (sulfide) groups is 1. The lowest BCUT2D eigenvalue weighted by Crippen LogP contribution is -2.39. The van der Waals surface area contributed by atoms with Gasteiger partial charge in [0.15, 0.2) is 0 Å². The molecule has 0 aromatic carbocycles. The second-order valence-corrected chi connectivity index (χ2v) is 11.2. The molecule has 0 N–H and O–H groups in total. The number of rotatable bonds is 9. The summed E-state index contributed by atoms with van der Waals surface area (Å²) in [5.41, 5.74) is 1.24. The fourth-order valence-electron chi connectivity index (χ4n) is 4.85. The Hall–Kier alpha value is -2.11. The van der Waals surface area contributed by atoms with Crippen molar-refractivity contribution in [1.82, 2.24) is 9.47 Å². The van der Waals surface area contributed by atoms with Crippen molar-refractivity contribution in [3.63, 3.8) is 0 Å². The average Bonchev–Trinajstić information content (AvgIpc) is 3.07.